The highest BCUT2D eigenvalue weighted by molar-refractivity contribution is 5.86. The van der Waals surface area contributed by atoms with Crippen LogP contribution in [0.1, 0.15) is 17.2 Å². The number of amides is 2. The lowest BCUT2D eigenvalue weighted by Gasteiger charge is -2.16. The number of fused-ring (bicyclic) bond motifs is 1. The van der Waals surface area contributed by atoms with Crippen LogP contribution in [0.2, 0.25) is 0 Å². The number of nitrogens with zero attached hydrogens (tertiary/aromatic N) is 1. The van der Waals surface area contributed by atoms with E-state index < -0.39 is 6.10 Å². The fourth-order valence-electron chi connectivity index (χ4n) is 2.99. The zero-order valence-electron chi connectivity index (χ0n) is 15.6. The van der Waals surface area contributed by atoms with Crippen LogP contribution in [0.5, 0.6) is 0 Å². The largest absolute Gasteiger partial charge is 0.387 e. The maximum Gasteiger partial charge on any atom is 0.315 e. The molecular weight excluding hydrogens is 338 g/mol. The van der Waals surface area contributed by atoms with Gasteiger partial charge in [0, 0.05) is 32.9 Å². The summed E-state index contributed by atoms with van der Waals surface area (Å²) >= 11 is 0. The number of anilines is 1. The second-order valence-electron chi connectivity index (χ2n) is 6.70. The van der Waals surface area contributed by atoms with Crippen LogP contribution in [0.25, 0.3) is 10.8 Å². The molecule has 3 aromatic rings. The second kappa shape index (κ2) is 8.56. The number of nitrogens with one attached hydrogen (secondary N) is 2. The van der Waals surface area contributed by atoms with Gasteiger partial charge >= 0.3 is 6.03 Å². The number of hydrogen-bond donors (Lipinski definition) is 3. The number of benzene rings is 3. The number of hydrogen-bond acceptors (Lipinski definition) is 3. The van der Waals surface area contributed by atoms with E-state index in [1.54, 1.807) is 0 Å². The van der Waals surface area contributed by atoms with E-state index in [1.165, 1.54) is 0 Å². The molecule has 0 radical (unpaired) electrons. The van der Waals surface area contributed by atoms with Crippen molar-refractivity contribution in [2.24, 2.45) is 0 Å². The molecule has 0 spiro atoms. The number of carbonyl (C=O) groups is 1. The van der Waals surface area contributed by atoms with Gasteiger partial charge in [-0.05, 0) is 34.0 Å². The summed E-state index contributed by atoms with van der Waals surface area (Å²) in [4.78, 5) is 14.1. The second-order valence-corrected chi connectivity index (χ2v) is 6.70. The first kappa shape index (κ1) is 18.7. The highest BCUT2D eigenvalue weighted by Gasteiger charge is 2.10. The molecule has 0 aliphatic carbocycles. The van der Waals surface area contributed by atoms with E-state index in [4.69, 9.17) is 0 Å². The number of aliphatic hydroxyl groups excluding tert-OH is 1. The minimum atomic E-state index is -0.746. The molecule has 0 bridgehead atoms. The van der Waals surface area contributed by atoms with Crippen LogP contribution >= 0.6 is 0 Å². The van der Waals surface area contributed by atoms with Crippen LogP contribution in [0.3, 0.4) is 0 Å². The van der Waals surface area contributed by atoms with Crippen molar-refractivity contribution < 1.29 is 9.90 Å². The highest BCUT2D eigenvalue weighted by Crippen LogP contribution is 2.19. The molecule has 0 fully saturated rings. The minimum Gasteiger partial charge on any atom is -0.387 e. The van der Waals surface area contributed by atoms with Crippen molar-refractivity contribution in [3.8, 4) is 0 Å². The predicted octanol–water partition coefficient (Wildman–Crippen LogP) is 3.44. The summed E-state index contributed by atoms with van der Waals surface area (Å²) in [6, 6.07) is 21.5. The van der Waals surface area contributed by atoms with Crippen molar-refractivity contribution in [2.75, 3.05) is 25.5 Å². The minimum absolute atomic E-state index is 0.155. The van der Waals surface area contributed by atoms with Crippen LogP contribution in [0.4, 0.5) is 10.5 Å². The van der Waals surface area contributed by atoms with E-state index in [1.807, 2.05) is 73.6 Å². The average Bonchev–Trinajstić information content (AvgIpc) is 2.70. The van der Waals surface area contributed by atoms with Crippen LogP contribution in [0, 0.1) is 0 Å². The number of carbonyl (C=O) groups excluding carboxylic acids is 1. The summed E-state index contributed by atoms with van der Waals surface area (Å²) < 4.78 is 0. The Morgan fingerprint density at radius 3 is 2.41 bits per heavy atom. The monoisotopic (exact) mass is 363 g/mol. The molecule has 5 heteroatoms. The smallest absolute Gasteiger partial charge is 0.315 e. The molecule has 140 valence electrons. The molecule has 1 unspecified atom stereocenters. The van der Waals surface area contributed by atoms with Gasteiger partial charge in [0.1, 0.15) is 0 Å². The third-order valence-corrected chi connectivity index (χ3v) is 4.57. The van der Waals surface area contributed by atoms with Crippen LogP contribution in [-0.4, -0.2) is 31.8 Å². The third kappa shape index (κ3) is 4.77. The molecule has 0 aliphatic rings. The van der Waals surface area contributed by atoms with Crippen LogP contribution in [-0.2, 0) is 6.54 Å². The van der Waals surface area contributed by atoms with Crippen molar-refractivity contribution in [1.29, 1.82) is 0 Å². The Bertz CT molecular complexity index is 902. The van der Waals surface area contributed by atoms with Crippen molar-refractivity contribution >= 4 is 22.5 Å². The molecule has 2 amide bonds. The van der Waals surface area contributed by atoms with E-state index in [9.17, 15) is 9.90 Å². The van der Waals surface area contributed by atoms with Crippen LogP contribution < -0.4 is 15.5 Å². The first-order valence-corrected chi connectivity index (χ1v) is 8.98. The van der Waals surface area contributed by atoms with E-state index in [0.29, 0.717) is 6.54 Å². The summed E-state index contributed by atoms with van der Waals surface area (Å²) in [5.41, 5.74) is 2.89. The van der Waals surface area contributed by atoms with Crippen LogP contribution in [0.15, 0.2) is 66.7 Å². The molecule has 0 heterocycles. The van der Waals surface area contributed by atoms with E-state index in [0.717, 1.165) is 27.6 Å². The summed E-state index contributed by atoms with van der Waals surface area (Å²) in [7, 11) is 3.93. The zero-order chi connectivity index (χ0) is 19.2. The van der Waals surface area contributed by atoms with Crippen molar-refractivity contribution in [1.82, 2.24) is 10.6 Å². The van der Waals surface area contributed by atoms with Gasteiger partial charge in [0.05, 0.1) is 6.10 Å². The quantitative estimate of drug-likeness (QED) is 0.629. The van der Waals surface area contributed by atoms with Gasteiger partial charge in [-0.15, -0.1) is 0 Å². The van der Waals surface area contributed by atoms with E-state index >= 15 is 0 Å². The number of aliphatic hydroxyl groups is 1. The standard InChI is InChI=1S/C22H25N3O2/c1-25(2)19-12-10-17(11-13-19)21(26)15-24-22(27)23-14-18-8-5-7-16-6-3-4-9-20(16)18/h3-13,21,26H,14-15H2,1-2H3,(H2,23,24,27). The van der Waals surface area contributed by atoms with Gasteiger partial charge in [-0.2, -0.15) is 0 Å². The Morgan fingerprint density at radius 1 is 0.963 bits per heavy atom. The molecule has 5 nitrogen and oxygen atoms in total. The molecular formula is C22H25N3O2. The van der Waals surface area contributed by atoms with Crippen molar-refractivity contribution in [2.45, 2.75) is 12.6 Å². The lowest BCUT2D eigenvalue weighted by Crippen LogP contribution is -2.37. The maximum absolute atomic E-state index is 12.1. The summed E-state index contributed by atoms with van der Waals surface area (Å²) in [6.07, 6.45) is -0.746. The third-order valence-electron chi connectivity index (χ3n) is 4.57. The Kier molecular flexibility index (Phi) is 5.94. The molecule has 0 saturated carbocycles. The van der Waals surface area contributed by atoms with Crippen molar-refractivity contribution in [3.05, 3.63) is 77.9 Å². The molecule has 0 aromatic heterocycles. The maximum atomic E-state index is 12.1. The van der Waals surface area contributed by atoms with E-state index in [-0.39, 0.29) is 12.6 Å². The van der Waals surface area contributed by atoms with Gasteiger partial charge in [0.15, 0.2) is 0 Å². The molecule has 3 aromatic carbocycles. The summed E-state index contributed by atoms with van der Waals surface area (Å²) in [5.74, 6) is 0. The molecule has 3 rings (SSSR count). The first-order chi connectivity index (χ1) is 13.0. The first-order valence-electron chi connectivity index (χ1n) is 8.98. The van der Waals surface area contributed by atoms with Gasteiger partial charge in [-0.1, -0.05) is 54.6 Å². The molecule has 1 atom stereocenters. The predicted molar refractivity (Wildman–Crippen MR) is 110 cm³/mol. The van der Waals surface area contributed by atoms with Gasteiger partial charge in [0.2, 0.25) is 0 Å². The van der Waals surface area contributed by atoms with Gasteiger partial charge < -0.3 is 20.6 Å². The summed E-state index contributed by atoms with van der Waals surface area (Å²) in [5, 5.41) is 18.1. The molecule has 0 saturated heterocycles. The highest BCUT2D eigenvalue weighted by atomic mass is 16.3. The lowest BCUT2D eigenvalue weighted by molar-refractivity contribution is 0.173. The lowest BCUT2D eigenvalue weighted by atomic mass is 10.0. The molecule has 0 aliphatic heterocycles. The molecule has 3 N–H and O–H groups in total. The van der Waals surface area contributed by atoms with Gasteiger partial charge in [0.25, 0.3) is 0 Å². The number of urea groups is 1. The SMILES string of the molecule is CN(C)c1ccc(C(O)CNC(=O)NCc2cccc3ccccc23)cc1. The topological polar surface area (TPSA) is 64.6 Å². The molecule has 27 heavy (non-hydrogen) atoms. The average molecular weight is 363 g/mol. The normalized spacial score (nSPS) is 11.8. The number of rotatable bonds is 6. The zero-order valence-corrected chi connectivity index (χ0v) is 15.6. The van der Waals surface area contributed by atoms with E-state index in [2.05, 4.69) is 22.8 Å². The van der Waals surface area contributed by atoms with Crippen molar-refractivity contribution in [3.63, 3.8) is 0 Å². The Hall–Kier alpha value is -3.05. The Morgan fingerprint density at radius 2 is 1.67 bits per heavy atom. The Balaban J connectivity index is 1.52. The fourth-order valence-corrected chi connectivity index (χ4v) is 2.99. The fraction of sp³-hybridized carbons (Fsp3) is 0.227. The summed E-state index contributed by atoms with van der Waals surface area (Å²) in [6.45, 7) is 0.587. The Labute approximate surface area is 159 Å². The van der Waals surface area contributed by atoms with Gasteiger partial charge in [-0.3, -0.25) is 0 Å². The van der Waals surface area contributed by atoms with Gasteiger partial charge in [-0.25, -0.2) is 4.79 Å².